The van der Waals surface area contributed by atoms with Crippen molar-refractivity contribution in [1.29, 1.82) is 0 Å². The molecule has 1 aromatic rings. The minimum absolute atomic E-state index is 1.01. The quantitative estimate of drug-likeness (QED) is 0.466. The Hall–Kier alpha value is -0.790. The predicted octanol–water partition coefficient (Wildman–Crippen LogP) is 0.831. The maximum absolute atomic E-state index is 3.92. The van der Waals surface area contributed by atoms with Crippen molar-refractivity contribution in [1.82, 2.24) is 9.55 Å². The standard InChI is InChI=1S/C5H7N2/c1-5-3-7(2)4-6-5/h3-4H,2H2,1H3. The van der Waals surface area contributed by atoms with Crippen molar-refractivity contribution < 1.29 is 0 Å². The van der Waals surface area contributed by atoms with E-state index in [4.69, 9.17) is 0 Å². The summed E-state index contributed by atoms with van der Waals surface area (Å²) in [6.07, 6.45) is 3.54. The normalized spacial score (nSPS) is 9.43. The molecule has 0 amide bonds. The molecule has 37 valence electrons. The zero-order valence-corrected chi connectivity index (χ0v) is 4.26. The van der Waals surface area contributed by atoms with Gasteiger partial charge in [-0.05, 0) is 6.92 Å². The number of aryl methyl sites for hydroxylation is 1. The van der Waals surface area contributed by atoms with Crippen LogP contribution in [0.5, 0.6) is 0 Å². The first-order chi connectivity index (χ1) is 3.29. The number of hydrogen-bond acceptors (Lipinski definition) is 1. The Bertz CT molecular complexity index is 138. The lowest BCUT2D eigenvalue weighted by Crippen LogP contribution is -1.72. The van der Waals surface area contributed by atoms with Gasteiger partial charge in [-0.25, -0.2) is 4.98 Å². The first kappa shape index (κ1) is 4.37. The van der Waals surface area contributed by atoms with Crippen molar-refractivity contribution in [2.75, 3.05) is 0 Å². The maximum Gasteiger partial charge on any atom is 0.0949 e. The number of hydrogen-bond donors (Lipinski definition) is 0. The van der Waals surface area contributed by atoms with Gasteiger partial charge >= 0.3 is 0 Å². The molecule has 0 fully saturated rings. The molecule has 0 N–H and O–H groups in total. The summed E-state index contributed by atoms with van der Waals surface area (Å²) < 4.78 is 1.68. The van der Waals surface area contributed by atoms with Crippen LogP contribution in [0.1, 0.15) is 5.69 Å². The van der Waals surface area contributed by atoms with Gasteiger partial charge in [-0.1, -0.05) is 0 Å². The summed E-state index contributed by atoms with van der Waals surface area (Å²) in [4.78, 5) is 3.92. The topological polar surface area (TPSA) is 17.8 Å². The molecule has 0 atom stereocenters. The smallest absolute Gasteiger partial charge is 0.0949 e. The fourth-order valence-corrected chi connectivity index (χ4v) is 0.472. The maximum atomic E-state index is 3.92. The van der Waals surface area contributed by atoms with E-state index in [9.17, 15) is 0 Å². The van der Waals surface area contributed by atoms with E-state index in [1.54, 1.807) is 10.9 Å². The van der Waals surface area contributed by atoms with Gasteiger partial charge in [0.25, 0.3) is 0 Å². The minimum atomic E-state index is 1.01. The lowest BCUT2D eigenvalue weighted by atomic mass is 10.6. The van der Waals surface area contributed by atoms with E-state index in [2.05, 4.69) is 12.0 Å². The second-order valence-corrected chi connectivity index (χ2v) is 1.53. The molecule has 1 rings (SSSR count). The lowest BCUT2D eigenvalue weighted by Gasteiger charge is -1.77. The molecular formula is C5H7N2. The third-order valence-corrected chi connectivity index (χ3v) is 0.762. The van der Waals surface area contributed by atoms with Crippen molar-refractivity contribution in [3.05, 3.63) is 25.3 Å². The molecule has 0 aromatic carbocycles. The molecule has 2 heteroatoms. The molecule has 0 spiro atoms. The third kappa shape index (κ3) is 0.796. The van der Waals surface area contributed by atoms with Crippen LogP contribution in [-0.4, -0.2) is 9.55 Å². The Morgan fingerprint density at radius 3 is 2.71 bits per heavy atom. The number of rotatable bonds is 0. The minimum Gasteiger partial charge on any atom is -0.335 e. The molecule has 7 heavy (non-hydrogen) atoms. The summed E-state index contributed by atoms with van der Waals surface area (Å²) in [5.41, 5.74) is 1.01. The Balaban J connectivity index is 3.04. The van der Waals surface area contributed by atoms with Crippen molar-refractivity contribution in [2.45, 2.75) is 6.92 Å². The van der Waals surface area contributed by atoms with E-state index >= 15 is 0 Å². The molecule has 1 radical (unpaired) electrons. The molecule has 0 unspecified atom stereocenters. The molecule has 0 saturated carbocycles. The van der Waals surface area contributed by atoms with Crippen LogP contribution in [-0.2, 0) is 0 Å². The zero-order chi connectivity index (χ0) is 5.28. The number of aromatic nitrogens is 2. The van der Waals surface area contributed by atoms with Crippen LogP contribution in [0, 0.1) is 14.0 Å². The molecule has 1 heterocycles. The van der Waals surface area contributed by atoms with E-state index in [1.165, 1.54) is 0 Å². The average Bonchev–Trinajstić information content (AvgIpc) is 1.87. The molecule has 2 nitrogen and oxygen atoms in total. The highest BCUT2D eigenvalue weighted by Crippen LogP contribution is 1.87. The van der Waals surface area contributed by atoms with Crippen LogP contribution < -0.4 is 0 Å². The van der Waals surface area contributed by atoms with E-state index < -0.39 is 0 Å². The molecule has 0 saturated heterocycles. The van der Waals surface area contributed by atoms with Crippen LogP contribution in [0.2, 0.25) is 0 Å². The highest BCUT2D eigenvalue weighted by Gasteiger charge is 1.81. The van der Waals surface area contributed by atoms with Crippen molar-refractivity contribution in [2.24, 2.45) is 0 Å². The molecule has 0 bridgehead atoms. The summed E-state index contributed by atoms with van der Waals surface area (Å²) in [6.45, 7) is 1.93. The van der Waals surface area contributed by atoms with Gasteiger partial charge in [-0.3, -0.25) is 0 Å². The Labute approximate surface area is 42.8 Å². The summed E-state index contributed by atoms with van der Waals surface area (Å²) in [7, 11) is 3.60. The summed E-state index contributed by atoms with van der Waals surface area (Å²) in [5.74, 6) is 0. The largest absolute Gasteiger partial charge is 0.335 e. The highest BCUT2D eigenvalue weighted by atomic mass is 15.0. The number of nitrogens with zero attached hydrogens (tertiary/aromatic N) is 2. The molecular weight excluding hydrogens is 88.1 g/mol. The predicted molar refractivity (Wildman–Crippen MR) is 27.7 cm³/mol. The van der Waals surface area contributed by atoms with E-state index in [0.29, 0.717) is 0 Å². The summed E-state index contributed by atoms with van der Waals surface area (Å²) >= 11 is 0. The number of imidazole rings is 1. The Morgan fingerprint density at radius 1 is 1.86 bits per heavy atom. The highest BCUT2D eigenvalue weighted by molar-refractivity contribution is 4.92. The van der Waals surface area contributed by atoms with Crippen molar-refractivity contribution in [3.63, 3.8) is 0 Å². The first-order valence-corrected chi connectivity index (χ1v) is 2.10. The van der Waals surface area contributed by atoms with Crippen LogP contribution >= 0.6 is 0 Å². The van der Waals surface area contributed by atoms with Gasteiger partial charge in [0.05, 0.1) is 12.0 Å². The second kappa shape index (κ2) is 1.37. The fourth-order valence-electron chi connectivity index (χ4n) is 0.472. The van der Waals surface area contributed by atoms with E-state index in [1.807, 2.05) is 13.1 Å². The van der Waals surface area contributed by atoms with Crippen LogP contribution in [0.4, 0.5) is 0 Å². The molecule has 0 aliphatic rings. The van der Waals surface area contributed by atoms with Gasteiger partial charge in [0.15, 0.2) is 0 Å². The van der Waals surface area contributed by atoms with Crippen LogP contribution in [0.3, 0.4) is 0 Å². The van der Waals surface area contributed by atoms with Gasteiger partial charge < -0.3 is 4.57 Å². The molecule has 0 aliphatic carbocycles. The molecule has 0 aliphatic heterocycles. The van der Waals surface area contributed by atoms with Crippen molar-refractivity contribution >= 4 is 0 Å². The van der Waals surface area contributed by atoms with Crippen LogP contribution in [0.15, 0.2) is 12.5 Å². The van der Waals surface area contributed by atoms with Gasteiger partial charge in [-0.15, -0.1) is 0 Å². The lowest BCUT2D eigenvalue weighted by molar-refractivity contribution is 1.06. The molecule has 1 aromatic heterocycles. The van der Waals surface area contributed by atoms with Crippen LogP contribution in [0.25, 0.3) is 0 Å². The average molecular weight is 95.1 g/mol. The van der Waals surface area contributed by atoms with E-state index in [-0.39, 0.29) is 0 Å². The Morgan fingerprint density at radius 2 is 2.57 bits per heavy atom. The monoisotopic (exact) mass is 95.1 g/mol. The van der Waals surface area contributed by atoms with E-state index in [0.717, 1.165) is 5.69 Å². The SMILES string of the molecule is [CH2]n1cnc(C)c1. The first-order valence-electron chi connectivity index (χ1n) is 2.10. The van der Waals surface area contributed by atoms with Gasteiger partial charge in [0.1, 0.15) is 0 Å². The Kier molecular flexibility index (Phi) is 0.855. The third-order valence-electron chi connectivity index (χ3n) is 0.762. The van der Waals surface area contributed by atoms with Gasteiger partial charge in [0.2, 0.25) is 0 Å². The summed E-state index contributed by atoms with van der Waals surface area (Å²) in [6, 6.07) is 0. The van der Waals surface area contributed by atoms with Crippen molar-refractivity contribution in [3.8, 4) is 0 Å². The second-order valence-electron chi connectivity index (χ2n) is 1.53. The van der Waals surface area contributed by atoms with Gasteiger partial charge in [-0.2, -0.15) is 0 Å². The fraction of sp³-hybridized carbons (Fsp3) is 0.200. The van der Waals surface area contributed by atoms with Gasteiger partial charge in [0, 0.05) is 13.2 Å². The summed E-state index contributed by atoms with van der Waals surface area (Å²) in [5, 5.41) is 0. The zero-order valence-electron chi connectivity index (χ0n) is 4.26.